The molecule has 0 saturated carbocycles. The molecule has 19 heavy (non-hydrogen) atoms. The number of hydrogen-bond acceptors (Lipinski definition) is 6. The van der Waals surface area contributed by atoms with Gasteiger partial charge in [0.25, 0.3) is 0 Å². The Morgan fingerprint density at radius 2 is 2.05 bits per heavy atom. The molecule has 6 nitrogen and oxygen atoms in total. The summed E-state index contributed by atoms with van der Waals surface area (Å²) >= 11 is 1.64. The van der Waals surface area contributed by atoms with Crippen LogP contribution in [-0.2, 0) is 0 Å². The number of aromatic nitrogens is 5. The normalized spacial score (nSPS) is 15.9. The maximum Gasteiger partial charge on any atom is 0.208 e. The molecule has 0 amide bonds. The van der Waals surface area contributed by atoms with Gasteiger partial charge in [-0.3, -0.25) is 4.40 Å². The van der Waals surface area contributed by atoms with Crippen molar-refractivity contribution >= 4 is 22.1 Å². The van der Waals surface area contributed by atoms with Crippen molar-refractivity contribution in [1.29, 1.82) is 0 Å². The topological polar surface area (TPSA) is 59.2 Å². The summed E-state index contributed by atoms with van der Waals surface area (Å²) in [4.78, 5) is 2.24. The van der Waals surface area contributed by atoms with Gasteiger partial charge in [-0.2, -0.15) is 0 Å². The molecule has 4 rings (SSSR count). The van der Waals surface area contributed by atoms with Crippen LogP contribution in [0.1, 0.15) is 16.7 Å². The van der Waals surface area contributed by atoms with Crippen LogP contribution in [-0.4, -0.2) is 37.9 Å². The molecule has 3 aromatic rings. The van der Waals surface area contributed by atoms with Crippen LogP contribution in [0.5, 0.6) is 0 Å². The average molecular weight is 272 g/mol. The van der Waals surface area contributed by atoms with Gasteiger partial charge in [-0.1, -0.05) is 17.4 Å². The molecule has 1 saturated heterocycles. The van der Waals surface area contributed by atoms with E-state index in [9.17, 15) is 0 Å². The van der Waals surface area contributed by atoms with Gasteiger partial charge in [0.2, 0.25) is 5.13 Å². The minimum atomic E-state index is 0.418. The zero-order valence-corrected chi connectivity index (χ0v) is 11.2. The molecule has 0 unspecified atom stereocenters. The second kappa shape index (κ2) is 3.99. The van der Waals surface area contributed by atoms with E-state index in [1.54, 1.807) is 11.3 Å². The van der Waals surface area contributed by atoms with E-state index in [0.29, 0.717) is 5.92 Å². The highest BCUT2D eigenvalue weighted by Gasteiger charge is 2.33. The smallest absolute Gasteiger partial charge is 0.208 e. The van der Waals surface area contributed by atoms with Crippen LogP contribution in [0.25, 0.3) is 5.65 Å². The van der Waals surface area contributed by atoms with Gasteiger partial charge in [0.05, 0.1) is 5.92 Å². The lowest BCUT2D eigenvalue weighted by Gasteiger charge is -2.37. The Labute approximate surface area is 113 Å². The zero-order valence-electron chi connectivity index (χ0n) is 10.4. The quantitative estimate of drug-likeness (QED) is 0.707. The fourth-order valence-electron chi connectivity index (χ4n) is 2.35. The summed E-state index contributed by atoms with van der Waals surface area (Å²) in [6.07, 6.45) is 2.02. The molecule has 7 heteroatoms. The summed E-state index contributed by atoms with van der Waals surface area (Å²) in [5.74, 6) is 1.45. The highest BCUT2D eigenvalue weighted by atomic mass is 32.1. The van der Waals surface area contributed by atoms with Crippen molar-refractivity contribution in [2.45, 2.75) is 12.8 Å². The third-order valence-corrected chi connectivity index (χ3v) is 4.27. The van der Waals surface area contributed by atoms with Gasteiger partial charge in [-0.15, -0.1) is 20.4 Å². The highest BCUT2D eigenvalue weighted by molar-refractivity contribution is 7.15. The first-order valence-corrected chi connectivity index (χ1v) is 6.97. The first-order valence-electron chi connectivity index (χ1n) is 6.16. The van der Waals surface area contributed by atoms with E-state index in [4.69, 9.17) is 0 Å². The van der Waals surface area contributed by atoms with Crippen molar-refractivity contribution in [1.82, 2.24) is 24.8 Å². The van der Waals surface area contributed by atoms with Crippen LogP contribution < -0.4 is 4.90 Å². The number of pyridine rings is 1. The Kier molecular flexibility index (Phi) is 2.28. The Morgan fingerprint density at radius 3 is 2.84 bits per heavy atom. The molecule has 0 radical (unpaired) electrons. The van der Waals surface area contributed by atoms with Gasteiger partial charge in [0.15, 0.2) is 5.65 Å². The second-order valence-electron chi connectivity index (χ2n) is 4.69. The number of nitrogens with zero attached hydrogens (tertiary/aromatic N) is 6. The molecular weight excluding hydrogens is 260 g/mol. The predicted octanol–water partition coefficient (Wildman–Crippen LogP) is 1.49. The summed E-state index contributed by atoms with van der Waals surface area (Å²) in [7, 11) is 0. The monoisotopic (exact) mass is 272 g/mol. The van der Waals surface area contributed by atoms with Crippen LogP contribution in [0.3, 0.4) is 0 Å². The van der Waals surface area contributed by atoms with Crippen LogP contribution in [0, 0.1) is 6.92 Å². The molecular formula is C12H12N6S. The van der Waals surface area contributed by atoms with Crippen LogP contribution in [0.4, 0.5) is 5.13 Å². The fourth-order valence-corrected chi connectivity index (χ4v) is 3.06. The molecule has 1 aliphatic rings. The third-order valence-electron chi connectivity index (χ3n) is 3.37. The van der Waals surface area contributed by atoms with E-state index < -0.39 is 0 Å². The molecule has 0 N–H and O–H groups in total. The first kappa shape index (κ1) is 10.9. The molecule has 3 aromatic heterocycles. The van der Waals surface area contributed by atoms with E-state index in [2.05, 4.69) is 29.7 Å². The van der Waals surface area contributed by atoms with Gasteiger partial charge < -0.3 is 4.90 Å². The minimum Gasteiger partial charge on any atom is -0.345 e. The van der Waals surface area contributed by atoms with Crippen molar-refractivity contribution in [3.05, 3.63) is 35.2 Å². The lowest BCUT2D eigenvalue weighted by atomic mass is 10.0. The van der Waals surface area contributed by atoms with E-state index in [-0.39, 0.29) is 0 Å². The lowest BCUT2D eigenvalue weighted by molar-refractivity contribution is 0.495. The summed E-state index contributed by atoms with van der Waals surface area (Å²) in [5, 5.41) is 18.7. The van der Waals surface area contributed by atoms with Crippen molar-refractivity contribution in [3.63, 3.8) is 0 Å². The number of anilines is 1. The van der Waals surface area contributed by atoms with Gasteiger partial charge >= 0.3 is 0 Å². The molecule has 0 bridgehead atoms. The van der Waals surface area contributed by atoms with Crippen molar-refractivity contribution in [2.75, 3.05) is 18.0 Å². The summed E-state index contributed by atoms with van der Waals surface area (Å²) in [6, 6.07) is 5.95. The highest BCUT2D eigenvalue weighted by Crippen LogP contribution is 2.32. The van der Waals surface area contributed by atoms with Crippen LogP contribution >= 0.6 is 11.3 Å². The lowest BCUT2D eigenvalue weighted by Crippen LogP contribution is -2.45. The van der Waals surface area contributed by atoms with Gasteiger partial charge in [0, 0.05) is 19.3 Å². The molecule has 0 spiro atoms. The molecule has 0 atom stereocenters. The number of fused-ring (bicyclic) bond motifs is 1. The summed E-state index contributed by atoms with van der Waals surface area (Å²) in [5.41, 5.74) is 0.905. The van der Waals surface area contributed by atoms with Crippen molar-refractivity contribution < 1.29 is 0 Å². The molecule has 1 aliphatic heterocycles. The maximum absolute atomic E-state index is 4.30. The Hall–Kier alpha value is -2.02. The maximum atomic E-state index is 4.30. The fraction of sp³-hybridized carbons (Fsp3) is 0.333. The Bertz CT molecular complexity index is 726. The second-order valence-corrected chi connectivity index (χ2v) is 5.85. The zero-order chi connectivity index (χ0) is 12.8. The molecule has 4 heterocycles. The van der Waals surface area contributed by atoms with E-state index >= 15 is 0 Å². The predicted molar refractivity (Wildman–Crippen MR) is 72.6 cm³/mol. The van der Waals surface area contributed by atoms with Crippen molar-refractivity contribution in [3.8, 4) is 0 Å². The van der Waals surface area contributed by atoms with Gasteiger partial charge in [-0.05, 0) is 19.1 Å². The van der Waals surface area contributed by atoms with Crippen molar-refractivity contribution in [2.24, 2.45) is 0 Å². The molecule has 0 aromatic carbocycles. The Morgan fingerprint density at radius 1 is 1.16 bits per heavy atom. The van der Waals surface area contributed by atoms with E-state index in [0.717, 1.165) is 34.7 Å². The van der Waals surface area contributed by atoms with Crippen LogP contribution in [0.15, 0.2) is 24.4 Å². The average Bonchev–Trinajstić information content (AvgIpc) is 2.96. The Balaban J connectivity index is 1.57. The minimum absolute atomic E-state index is 0.418. The first-order chi connectivity index (χ1) is 9.31. The SMILES string of the molecule is Cc1nnc(N2CC(c3nnc4ccccn34)C2)s1. The molecule has 0 aliphatic carbocycles. The number of rotatable bonds is 2. The molecule has 96 valence electrons. The standard InChI is InChI=1S/C12H12N6S/c1-8-13-16-12(19-8)17-6-9(7-17)11-15-14-10-4-2-3-5-18(10)11/h2-5,9H,6-7H2,1H3. The molecule has 1 fully saturated rings. The summed E-state index contributed by atoms with van der Waals surface area (Å²) in [6.45, 7) is 3.85. The third kappa shape index (κ3) is 1.69. The number of hydrogen-bond donors (Lipinski definition) is 0. The number of aryl methyl sites for hydroxylation is 1. The van der Waals surface area contributed by atoms with Gasteiger partial charge in [0.1, 0.15) is 10.8 Å². The van der Waals surface area contributed by atoms with E-state index in [1.807, 2.05) is 31.3 Å². The largest absolute Gasteiger partial charge is 0.345 e. The van der Waals surface area contributed by atoms with Gasteiger partial charge in [-0.25, -0.2) is 0 Å². The van der Waals surface area contributed by atoms with E-state index in [1.165, 1.54) is 0 Å². The summed E-state index contributed by atoms with van der Waals surface area (Å²) < 4.78 is 2.06. The van der Waals surface area contributed by atoms with Crippen LogP contribution in [0.2, 0.25) is 0 Å².